The molecule has 13 heteroatoms. The van der Waals surface area contributed by atoms with Crippen LogP contribution in [-0.2, 0) is 24.4 Å². The fourth-order valence-electron chi connectivity index (χ4n) is 6.28. The number of amides is 1. The zero-order valence-electron chi connectivity index (χ0n) is 26.8. The number of ether oxygens (including phenoxy) is 2. The normalized spacial score (nSPS) is 16.4. The number of hydrogen-bond acceptors (Lipinski definition) is 7. The van der Waals surface area contributed by atoms with Gasteiger partial charge in [-0.05, 0) is 73.0 Å². The van der Waals surface area contributed by atoms with Crippen LogP contribution in [0.15, 0.2) is 78.9 Å². The van der Waals surface area contributed by atoms with Gasteiger partial charge < -0.3 is 19.4 Å². The molecule has 1 unspecified atom stereocenters. The maximum absolute atomic E-state index is 14.2. The number of fused-ring (bicyclic) bond motifs is 2. The number of aromatic nitrogens is 5. The summed E-state index contributed by atoms with van der Waals surface area (Å²) in [6.07, 6.45) is 4.05. The van der Waals surface area contributed by atoms with Crippen molar-refractivity contribution in [3.05, 3.63) is 118 Å². The summed E-state index contributed by atoms with van der Waals surface area (Å²) in [5, 5.41) is 9.74. The summed E-state index contributed by atoms with van der Waals surface area (Å²) in [6, 6.07) is 20.5. The number of carbonyl (C=O) groups is 1. The molecule has 2 N–H and O–H groups in total. The summed E-state index contributed by atoms with van der Waals surface area (Å²) in [5.74, 6) is 0.00326. The van der Waals surface area contributed by atoms with E-state index in [0.29, 0.717) is 52.9 Å². The van der Waals surface area contributed by atoms with Crippen LogP contribution >= 0.6 is 11.6 Å². The van der Waals surface area contributed by atoms with Gasteiger partial charge in [-0.25, -0.2) is 14.4 Å². The minimum Gasteiger partial charge on any atom is -0.473 e. The molecule has 50 heavy (non-hydrogen) atoms. The molecule has 0 aliphatic carbocycles. The van der Waals surface area contributed by atoms with Gasteiger partial charge in [0.1, 0.15) is 18.2 Å². The van der Waals surface area contributed by atoms with Gasteiger partial charge in [0.2, 0.25) is 11.8 Å². The van der Waals surface area contributed by atoms with Crippen molar-refractivity contribution in [1.82, 2.24) is 29.6 Å². The van der Waals surface area contributed by atoms with E-state index >= 15 is 0 Å². The van der Waals surface area contributed by atoms with Crippen LogP contribution in [0.2, 0.25) is 5.02 Å². The quantitative estimate of drug-likeness (QED) is 0.157. The predicted octanol–water partition coefficient (Wildman–Crippen LogP) is 7.15. The number of anilines is 1. The molecule has 1 fully saturated rings. The molecule has 0 radical (unpaired) electrons. The second kappa shape index (κ2) is 13.6. The Hall–Kier alpha value is -5.17. The first-order valence-corrected chi connectivity index (χ1v) is 16.8. The van der Waals surface area contributed by atoms with E-state index < -0.39 is 11.8 Å². The van der Waals surface area contributed by atoms with Crippen LogP contribution in [0.5, 0.6) is 5.88 Å². The summed E-state index contributed by atoms with van der Waals surface area (Å²) in [6.45, 7) is 3.60. The zero-order valence-corrected chi connectivity index (χ0v) is 27.6. The van der Waals surface area contributed by atoms with Crippen molar-refractivity contribution in [1.29, 1.82) is 0 Å². The summed E-state index contributed by atoms with van der Waals surface area (Å²) in [5.41, 5.74) is 5.48. The number of aromatic amines is 1. The van der Waals surface area contributed by atoms with Crippen molar-refractivity contribution >= 4 is 50.7 Å². The monoisotopic (exact) mass is 695 g/mol. The Balaban J connectivity index is 0.966. The van der Waals surface area contributed by atoms with E-state index in [9.17, 15) is 13.6 Å². The van der Waals surface area contributed by atoms with Gasteiger partial charge in [0.25, 0.3) is 5.91 Å². The highest BCUT2D eigenvalue weighted by Gasteiger charge is 2.24. The second-order valence-corrected chi connectivity index (χ2v) is 12.9. The summed E-state index contributed by atoms with van der Waals surface area (Å²) in [4.78, 5) is 25.1. The zero-order chi connectivity index (χ0) is 34.2. The van der Waals surface area contributed by atoms with Crippen molar-refractivity contribution in [3.8, 4) is 5.88 Å². The van der Waals surface area contributed by atoms with Crippen molar-refractivity contribution in [2.24, 2.45) is 0 Å². The molecular weight excluding hydrogens is 664 g/mol. The van der Waals surface area contributed by atoms with Crippen LogP contribution < -0.4 is 10.1 Å². The van der Waals surface area contributed by atoms with E-state index in [-0.39, 0.29) is 24.0 Å². The van der Waals surface area contributed by atoms with Crippen LogP contribution in [0.25, 0.3) is 27.5 Å². The molecule has 2 aliphatic rings. The molecule has 3 aromatic heterocycles. The Kier molecular flexibility index (Phi) is 8.73. The molecule has 1 saturated heterocycles. The minimum atomic E-state index is -0.577. The first-order valence-electron chi connectivity index (χ1n) is 16.4. The minimum absolute atomic E-state index is 0.0521. The molecule has 10 nitrogen and oxygen atoms in total. The van der Waals surface area contributed by atoms with Crippen LogP contribution in [-0.4, -0.2) is 61.3 Å². The van der Waals surface area contributed by atoms with Gasteiger partial charge in [-0.1, -0.05) is 29.8 Å². The number of H-pyrrole nitrogens is 1. The Morgan fingerprint density at radius 3 is 2.74 bits per heavy atom. The molecule has 8 rings (SSSR count). The van der Waals surface area contributed by atoms with E-state index in [0.717, 1.165) is 54.1 Å². The highest BCUT2D eigenvalue weighted by molar-refractivity contribution is 6.30. The van der Waals surface area contributed by atoms with Crippen LogP contribution in [0.3, 0.4) is 0 Å². The number of hydrogen-bond donors (Lipinski definition) is 2. The van der Waals surface area contributed by atoms with Gasteiger partial charge in [-0.3, -0.25) is 14.8 Å². The molecule has 5 heterocycles. The summed E-state index contributed by atoms with van der Waals surface area (Å²) >= 11 is 5.87. The molecule has 1 atom stereocenters. The van der Waals surface area contributed by atoms with Gasteiger partial charge in [0, 0.05) is 47.6 Å². The van der Waals surface area contributed by atoms with E-state index in [2.05, 4.69) is 36.0 Å². The molecule has 254 valence electrons. The highest BCUT2D eigenvalue weighted by atomic mass is 35.5. The highest BCUT2D eigenvalue weighted by Crippen LogP contribution is 2.28. The molecule has 0 spiro atoms. The fraction of sp³-hybridized carbons (Fsp3) is 0.243. The summed E-state index contributed by atoms with van der Waals surface area (Å²) < 4.78 is 42.1. The third kappa shape index (κ3) is 6.69. The van der Waals surface area contributed by atoms with Gasteiger partial charge in [0.15, 0.2) is 0 Å². The Labute approximate surface area is 290 Å². The van der Waals surface area contributed by atoms with Gasteiger partial charge >= 0.3 is 0 Å². The Bertz CT molecular complexity index is 2270. The van der Waals surface area contributed by atoms with Crippen molar-refractivity contribution in [3.63, 3.8) is 0 Å². The number of carbonyl (C=O) groups excluding carboxylic acids is 1. The predicted molar refractivity (Wildman–Crippen MR) is 186 cm³/mol. The lowest BCUT2D eigenvalue weighted by Crippen LogP contribution is -2.33. The molecule has 1 amide bonds. The van der Waals surface area contributed by atoms with Crippen LogP contribution in [0.4, 0.5) is 14.5 Å². The van der Waals surface area contributed by atoms with Crippen molar-refractivity contribution in [2.75, 3.05) is 25.0 Å². The molecule has 6 aromatic rings. The first-order chi connectivity index (χ1) is 24.4. The second-order valence-electron chi connectivity index (χ2n) is 12.4. The fourth-order valence-corrected chi connectivity index (χ4v) is 6.44. The first kappa shape index (κ1) is 32.1. The van der Waals surface area contributed by atoms with Gasteiger partial charge in [-0.15, -0.1) is 0 Å². The Morgan fingerprint density at radius 2 is 1.94 bits per heavy atom. The largest absolute Gasteiger partial charge is 0.473 e. The van der Waals surface area contributed by atoms with Crippen LogP contribution in [0.1, 0.15) is 40.3 Å². The van der Waals surface area contributed by atoms with Crippen molar-refractivity contribution < 1.29 is 23.0 Å². The number of pyridine rings is 1. The number of halogens is 3. The number of rotatable bonds is 10. The lowest BCUT2D eigenvalue weighted by atomic mass is 10.0. The van der Waals surface area contributed by atoms with E-state index in [1.165, 1.54) is 12.1 Å². The van der Waals surface area contributed by atoms with Gasteiger partial charge in [-0.2, -0.15) is 9.49 Å². The van der Waals surface area contributed by atoms with E-state index in [4.69, 9.17) is 26.1 Å². The topological polar surface area (TPSA) is 110 Å². The molecule has 0 bridgehead atoms. The lowest BCUT2D eigenvalue weighted by molar-refractivity contribution is -0.0591. The number of benzene rings is 3. The number of nitrogens with one attached hydrogen (secondary N) is 2. The van der Waals surface area contributed by atoms with E-state index in [1.54, 1.807) is 30.3 Å². The average molecular weight is 696 g/mol. The number of nitrogens with zero attached hydrogens (tertiary/aromatic N) is 5. The van der Waals surface area contributed by atoms with Crippen LogP contribution in [0, 0.1) is 11.8 Å². The third-order valence-electron chi connectivity index (χ3n) is 9.14. The maximum atomic E-state index is 14.2. The molecule has 2 aliphatic heterocycles. The van der Waals surface area contributed by atoms with Crippen molar-refractivity contribution in [2.45, 2.75) is 38.6 Å². The summed E-state index contributed by atoms with van der Waals surface area (Å²) in [7, 11) is 0. The maximum Gasteiger partial charge on any atom is 0.255 e. The lowest BCUT2D eigenvalue weighted by Gasteiger charge is -2.29. The molecular formula is C37H32ClF2N7O3. The number of imidazole rings is 1. The third-order valence-corrected chi connectivity index (χ3v) is 9.37. The van der Waals surface area contributed by atoms with E-state index in [1.807, 2.05) is 30.3 Å². The standard InChI is InChI=1S/C37H32ClF2N7O3/c38-25-6-4-24(29(39)17-25)21-50-35-3-1-2-30(43-35)22-10-13-46(14-11-22)20-34-42-32-9-7-26(18-33(32)47(34)19-27-12-15-49-27)41-37(48)23-5-8-31-28(16-23)36(40)45-44-31/h1-10,16-18,27H,11-15,19-21H2,(H,41,48)(H,44,45). The van der Waals surface area contributed by atoms with Gasteiger partial charge in [0.05, 0.1) is 46.8 Å². The SMILES string of the molecule is O=C(Nc1ccc2nc(CN3CC=C(c4cccc(OCc5ccc(Cl)cc5F)n4)CC3)n(CC3CCO3)c2c1)c1ccc2n[nH]c(F)c2c1. The smallest absolute Gasteiger partial charge is 0.255 e. The molecule has 3 aromatic carbocycles. The average Bonchev–Trinajstić information content (AvgIpc) is 3.64. The Morgan fingerprint density at radius 1 is 1.06 bits per heavy atom. The molecule has 0 saturated carbocycles.